The average Bonchev–Trinajstić information content (AvgIpc) is 2.58. The van der Waals surface area contributed by atoms with Gasteiger partial charge in [0.1, 0.15) is 0 Å². The van der Waals surface area contributed by atoms with E-state index in [-0.39, 0.29) is 16.1 Å². The van der Waals surface area contributed by atoms with Gasteiger partial charge >= 0.3 is 0 Å². The lowest BCUT2D eigenvalue weighted by atomic mass is 9.80. The smallest absolute Gasteiger partial charge is 0.269 e. The van der Waals surface area contributed by atoms with E-state index >= 15 is 0 Å². The minimum absolute atomic E-state index is 0.0923. The molecule has 0 fully saturated rings. The molecule has 0 saturated heterocycles. The molecule has 1 aliphatic rings. The molecule has 5 nitrogen and oxygen atoms in total. The molecule has 0 N–H and O–H groups in total. The zero-order valence-corrected chi connectivity index (χ0v) is 16.0. The Kier molecular flexibility index (Phi) is 4.57. The van der Waals surface area contributed by atoms with Gasteiger partial charge in [0.25, 0.3) is 5.69 Å². The maximum atomic E-state index is 10.8. The molecule has 0 aliphatic carbocycles. The molecule has 2 aromatic carbocycles. The Balaban J connectivity index is 1.89. The van der Waals surface area contributed by atoms with Crippen molar-refractivity contribution in [1.29, 1.82) is 0 Å². The third-order valence-electron chi connectivity index (χ3n) is 5.40. The van der Waals surface area contributed by atoms with Crippen molar-refractivity contribution in [3.63, 3.8) is 0 Å². The first-order valence-corrected chi connectivity index (χ1v) is 8.86. The molecule has 0 saturated carbocycles. The molecule has 0 spiro atoms. The Labute approximate surface area is 154 Å². The third kappa shape index (κ3) is 3.34. The zero-order chi connectivity index (χ0) is 19.1. The van der Waals surface area contributed by atoms with Crippen LogP contribution in [-0.2, 0) is 0 Å². The maximum absolute atomic E-state index is 10.8. The summed E-state index contributed by atoms with van der Waals surface area (Å²) >= 11 is 0. The van der Waals surface area contributed by atoms with Gasteiger partial charge in [0.2, 0.25) is 0 Å². The Morgan fingerprint density at radius 3 is 2.65 bits per heavy atom. The monoisotopic (exact) mass is 351 g/mol. The molecule has 0 bridgehead atoms. The second kappa shape index (κ2) is 6.56. The molecule has 1 heterocycles. The topological polar surface area (TPSA) is 58.7 Å². The van der Waals surface area contributed by atoms with Gasteiger partial charge in [0.15, 0.2) is 0 Å². The van der Waals surface area contributed by atoms with Crippen molar-refractivity contribution >= 4 is 23.3 Å². The van der Waals surface area contributed by atoms with Crippen molar-refractivity contribution in [2.75, 3.05) is 11.9 Å². The fourth-order valence-corrected chi connectivity index (χ4v) is 3.72. The van der Waals surface area contributed by atoms with Crippen LogP contribution in [0.5, 0.6) is 0 Å². The third-order valence-corrected chi connectivity index (χ3v) is 5.40. The predicted octanol–water partition coefficient (Wildman–Crippen LogP) is 5.38. The van der Waals surface area contributed by atoms with Crippen LogP contribution in [0, 0.1) is 17.0 Å². The van der Waals surface area contributed by atoms with Crippen LogP contribution >= 0.6 is 0 Å². The molecule has 1 atom stereocenters. The van der Waals surface area contributed by atoms with Crippen LogP contribution in [0.1, 0.15) is 49.8 Å². The second-order valence-electron chi connectivity index (χ2n) is 7.78. The highest BCUT2D eigenvalue weighted by atomic mass is 16.6. The van der Waals surface area contributed by atoms with Gasteiger partial charge in [-0.3, -0.25) is 15.1 Å². The van der Waals surface area contributed by atoms with Gasteiger partial charge in [-0.15, -0.1) is 0 Å². The first kappa shape index (κ1) is 18.1. The van der Waals surface area contributed by atoms with Gasteiger partial charge in [0.05, 0.1) is 10.6 Å². The minimum atomic E-state index is -0.386. The Morgan fingerprint density at radius 1 is 1.27 bits per heavy atom. The van der Waals surface area contributed by atoms with Crippen LogP contribution in [-0.4, -0.2) is 23.7 Å². The summed E-state index contributed by atoms with van der Waals surface area (Å²) in [5.41, 5.74) is 5.45. The summed E-state index contributed by atoms with van der Waals surface area (Å²) in [5.74, 6) is 0.491. The van der Waals surface area contributed by atoms with Crippen LogP contribution in [0.15, 0.2) is 41.4 Å². The van der Waals surface area contributed by atoms with E-state index in [9.17, 15) is 10.1 Å². The highest BCUT2D eigenvalue weighted by molar-refractivity contribution is 5.84. The zero-order valence-electron chi connectivity index (χ0n) is 16.0. The molecule has 5 heteroatoms. The second-order valence-corrected chi connectivity index (χ2v) is 7.78. The molecule has 26 heavy (non-hydrogen) atoms. The standard InChI is InChI=1S/C21H25N3O2/c1-14-10-17(24(25)26)7-8-19(14)22-13-16-6-9-20-18(11-16)15(2)12-21(3,4)23(20)5/h6-11,13,15H,12H2,1-5H3. The molecular formula is C21H25N3O2. The molecule has 1 aliphatic heterocycles. The van der Waals surface area contributed by atoms with E-state index in [0.29, 0.717) is 5.92 Å². The van der Waals surface area contributed by atoms with Crippen LogP contribution in [0.2, 0.25) is 0 Å². The number of fused-ring (bicyclic) bond motifs is 1. The highest BCUT2D eigenvalue weighted by Gasteiger charge is 2.33. The minimum Gasteiger partial charge on any atom is -0.369 e. The van der Waals surface area contributed by atoms with E-state index in [1.807, 2.05) is 13.1 Å². The first-order chi connectivity index (χ1) is 12.2. The van der Waals surface area contributed by atoms with Crippen molar-refractivity contribution in [3.05, 3.63) is 63.2 Å². The number of anilines is 1. The Hall–Kier alpha value is -2.69. The van der Waals surface area contributed by atoms with E-state index in [4.69, 9.17) is 0 Å². The summed E-state index contributed by atoms with van der Waals surface area (Å²) in [6.07, 6.45) is 2.94. The number of hydrogen-bond donors (Lipinski definition) is 0. The average molecular weight is 351 g/mol. The molecule has 3 rings (SSSR count). The molecular weight excluding hydrogens is 326 g/mol. The quantitative estimate of drug-likeness (QED) is 0.424. The van der Waals surface area contributed by atoms with Gasteiger partial charge in [-0.05, 0) is 68.0 Å². The number of aliphatic imine (C=N–C) groups is 1. The van der Waals surface area contributed by atoms with Crippen molar-refractivity contribution in [2.24, 2.45) is 4.99 Å². The first-order valence-electron chi connectivity index (χ1n) is 8.86. The normalized spacial score (nSPS) is 18.8. The van der Waals surface area contributed by atoms with E-state index in [0.717, 1.165) is 23.2 Å². The Morgan fingerprint density at radius 2 is 2.00 bits per heavy atom. The predicted molar refractivity (Wildman–Crippen MR) is 107 cm³/mol. The number of rotatable bonds is 3. The molecule has 0 aromatic heterocycles. The van der Waals surface area contributed by atoms with Crippen molar-refractivity contribution in [3.8, 4) is 0 Å². The lowest BCUT2D eigenvalue weighted by molar-refractivity contribution is -0.384. The number of hydrogen-bond acceptors (Lipinski definition) is 4. The van der Waals surface area contributed by atoms with Gasteiger partial charge in [-0.25, -0.2) is 0 Å². The van der Waals surface area contributed by atoms with E-state index in [1.54, 1.807) is 12.1 Å². The summed E-state index contributed by atoms with van der Waals surface area (Å²) in [6, 6.07) is 11.2. The number of benzene rings is 2. The summed E-state index contributed by atoms with van der Waals surface area (Å²) in [5, 5.41) is 10.8. The fourth-order valence-electron chi connectivity index (χ4n) is 3.72. The summed E-state index contributed by atoms with van der Waals surface area (Å²) < 4.78 is 0. The van der Waals surface area contributed by atoms with Crippen LogP contribution in [0.25, 0.3) is 0 Å². The highest BCUT2D eigenvalue weighted by Crippen LogP contribution is 2.42. The van der Waals surface area contributed by atoms with E-state index in [1.165, 1.54) is 17.3 Å². The summed E-state index contributed by atoms with van der Waals surface area (Å²) in [7, 11) is 2.15. The van der Waals surface area contributed by atoms with Gasteiger partial charge in [-0.1, -0.05) is 13.0 Å². The van der Waals surface area contributed by atoms with E-state index in [2.05, 4.69) is 55.9 Å². The number of nitro benzene ring substituents is 1. The fraction of sp³-hybridized carbons (Fsp3) is 0.381. The van der Waals surface area contributed by atoms with E-state index < -0.39 is 0 Å². The lowest BCUT2D eigenvalue weighted by Crippen LogP contribution is -2.45. The van der Waals surface area contributed by atoms with Crippen molar-refractivity contribution in [2.45, 2.75) is 45.6 Å². The number of nitrogens with zero attached hydrogens (tertiary/aromatic N) is 3. The van der Waals surface area contributed by atoms with Gasteiger partial charge < -0.3 is 4.90 Å². The number of aryl methyl sites for hydroxylation is 1. The Bertz CT molecular complexity index is 887. The van der Waals surface area contributed by atoms with Gasteiger partial charge in [0, 0.05) is 36.6 Å². The van der Waals surface area contributed by atoms with Gasteiger partial charge in [-0.2, -0.15) is 0 Å². The van der Waals surface area contributed by atoms with Crippen LogP contribution in [0.3, 0.4) is 0 Å². The van der Waals surface area contributed by atoms with Crippen molar-refractivity contribution in [1.82, 2.24) is 0 Å². The molecule has 1 unspecified atom stereocenters. The largest absolute Gasteiger partial charge is 0.369 e. The lowest BCUT2D eigenvalue weighted by Gasteiger charge is -2.45. The molecule has 0 amide bonds. The number of non-ortho nitro benzene ring substituents is 1. The van der Waals surface area contributed by atoms with Crippen molar-refractivity contribution < 1.29 is 4.92 Å². The molecule has 0 radical (unpaired) electrons. The van der Waals surface area contributed by atoms with Crippen LogP contribution in [0.4, 0.5) is 17.1 Å². The molecule has 136 valence electrons. The van der Waals surface area contributed by atoms with Crippen LogP contribution < -0.4 is 4.90 Å². The maximum Gasteiger partial charge on any atom is 0.269 e. The number of nitro groups is 1. The summed E-state index contributed by atoms with van der Waals surface area (Å²) in [6.45, 7) is 8.67. The molecule has 2 aromatic rings. The SMILES string of the molecule is Cc1cc([N+](=O)[O-])ccc1N=Cc1ccc2c(c1)C(C)CC(C)(C)N2C. The summed E-state index contributed by atoms with van der Waals surface area (Å²) in [4.78, 5) is 17.3.